The van der Waals surface area contributed by atoms with Gasteiger partial charge in [0.1, 0.15) is 0 Å². The fourth-order valence-corrected chi connectivity index (χ4v) is 3.01. The Morgan fingerprint density at radius 3 is 2.70 bits per heavy atom. The van der Waals surface area contributed by atoms with Crippen LogP contribution in [0.1, 0.15) is 13.8 Å². The molecule has 5 nitrogen and oxygen atoms in total. The lowest BCUT2D eigenvalue weighted by Crippen LogP contribution is -2.50. The average molecular weight is 284 g/mol. The third-order valence-electron chi connectivity index (χ3n) is 4.42. The molecule has 2 aliphatic rings. The standard InChI is InChI=1S/C15H32N4O/c1-14(2)19-10-11-20-15(13-19)12-17(3)8-9-18-6-4-16-5-7-18/h14-16H,4-13H2,1-3H3. The summed E-state index contributed by atoms with van der Waals surface area (Å²) in [4.78, 5) is 7.50. The minimum atomic E-state index is 0.374. The van der Waals surface area contributed by atoms with Gasteiger partial charge >= 0.3 is 0 Å². The molecule has 0 radical (unpaired) electrons. The van der Waals surface area contributed by atoms with Crippen LogP contribution in [-0.4, -0.2) is 99.4 Å². The molecule has 1 N–H and O–H groups in total. The second-order valence-electron chi connectivity index (χ2n) is 6.44. The van der Waals surface area contributed by atoms with E-state index in [2.05, 4.69) is 40.9 Å². The van der Waals surface area contributed by atoms with Gasteiger partial charge in [-0.1, -0.05) is 0 Å². The van der Waals surface area contributed by atoms with Crippen molar-refractivity contribution >= 4 is 0 Å². The van der Waals surface area contributed by atoms with Crippen molar-refractivity contribution in [2.45, 2.75) is 26.0 Å². The lowest BCUT2D eigenvalue weighted by Gasteiger charge is -2.37. The molecular formula is C15H32N4O. The third-order valence-corrected chi connectivity index (χ3v) is 4.42. The van der Waals surface area contributed by atoms with Crippen LogP contribution in [0.15, 0.2) is 0 Å². The van der Waals surface area contributed by atoms with Crippen molar-refractivity contribution in [1.29, 1.82) is 0 Å². The molecule has 20 heavy (non-hydrogen) atoms. The number of rotatable bonds is 6. The highest BCUT2D eigenvalue weighted by Gasteiger charge is 2.23. The molecule has 2 heterocycles. The van der Waals surface area contributed by atoms with Crippen LogP contribution < -0.4 is 5.32 Å². The van der Waals surface area contributed by atoms with E-state index in [0.29, 0.717) is 12.1 Å². The molecule has 0 amide bonds. The largest absolute Gasteiger partial charge is 0.374 e. The summed E-state index contributed by atoms with van der Waals surface area (Å²) in [6.45, 7) is 15.6. The number of likely N-dealkylation sites (N-methyl/N-ethyl adjacent to an activating group) is 1. The number of hydrogen-bond acceptors (Lipinski definition) is 5. The van der Waals surface area contributed by atoms with Gasteiger partial charge in [0.15, 0.2) is 0 Å². The molecule has 5 heteroatoms. The van der Waals surface area contributed by atoms with Crippen molar-refractivity contribution in [3.05, 3.63) is 0 Å². The van der Waals surface area contributed by atoms with Crippen LogP contribution in [0.3, 0.4) is 0 Å². The van der Waals surface area contributed by atoms with Crippen LogP contribution in [0.4, 0.5) is 0 Å². The van der Waals surface area contributed by atoms with E-state index in [0.717, 1.165) is 45.9 Å². The Morgan fingerprint density at radius 2 is 2.00 bits per heavy atom. The highest BCUT2D eigenvalue weighted by Crippen LogP contribution is 2.09. The van der Waals surface area contributed by atoms with Gasteiger partial charge in [0.25, 0.3) is 0 Å². The quantitative estimate of drug-likeness (QED) is 0.738. The fraction of sp³-hybridized carbons (Fsp3) is 1.00. The average Bonchev–Trinajstić information content (AvgIpc) is 2.46. The van der Waals surface area contributed by atoms with Crippen LogP contribution in [-0.2, 0) is 4.74 Å². The molecule has 1 atom stereocenters. The van der Waals surface area contributed by atoms with Crippen molar-refractivity contribution in [2.24, 2.45) is 0 Å². The van der Waals surface area contributed by atoms with E-state index in [1.807, 2.05) is 0 Å². The lowest BCUT2D eigenvalue weighted by molar-refractivity contribution is -0.0500. The first-order chi connectivity index (χ1) is 9.65. The van der Waals surface area contributed by atoms with E-state index in [1.54, 1.807) is 0 Å². The molecule has 0 aromatic carbocycles. The maximum Gasteiger partial charge on any atom is 0.0829 e. The topological polar surface area (TPSA) is 31.0 Å². The molecule has 0 bridgehead atoms. The van der Waals surface area contributed by atoms with Gasteiger partial charge in [0.05, 0.1) is 12.7 Å². The second kappa shape index (κ2) is 8.29. The molecule has 0 saturated carbocycles. The zero-order chi connectivity index (χ0) is 14.4. The van der Waals surface area contributed by atoms with Gasteiger partial charge in [-0.3, -0.25) is 9.80 Å². The summed E-state index contributed by atoms with van der Waals surface area (Å²) in [7, 11) is 2.22. The summed E-state index contributed by atoms with van der Waals surface area (Å²) in [6.07, 6.45) is 0.374. The maximum atomic E-state index is 5.91. The number of hydrogen-bond donors (Lipinski definition) is 1. The van der Waals surface area contributed by atoms with Crippen LogP contribution >= 0.6 is 0 Å². The molecular weight excluding hydrogens is 252 g/mol. The van der Waals surface area contributed by atoms with E-state index in [-0.39, 0.29) is 0 Å². The molecule has 0 spiro atoms. The normalized spacial score (nSPS) is 26.6. The molecule has 0 aromatic rings. The zero-order valence-corrected chi connectivity index (χ0v) is 13.5. The predicted molar refractivity (Wildman–Crippen MR) is 83.3 cm³/mol. The van der Waals surface area contributed by atoms with Crippen LogP contribution in [0, 0.1) is 0 Å². The van der Waals surface area contributed by atoms with E-state index < -0.39 is 0 Å². The number of ether oxygens (including phenoxy) is 1. The molecule has 2 fully saturated rings. The van der Waals surface area contributed by atoms with Gasteiger partial charge in [-0.15, -0.1) is 0 Å². The summed E-state index contributed by atoms with van der Waals surface area (Å²) in [5, 5.41) is 3.40. The Hall–Kier alpha value is -0.200. The van der Waals surface area contributed by atoms with Crippen molar-refractivity contribution in [3.63, 3.8) is 0 Å². The maximum absolute atomic E-state index is 5.91. The van der Waals surface area contributed by atoms with Crippen LogP contribution in [0.2, 0.25) is 0 Å². The number of piperazine rings is 1. The summed E-state index contributed by atoms with van der Waals surface area (Å²) in [5.74, 6) is 0. The van der Waals surface area contributed by atoms with Crippen molar-refractivity contribution in [3.8, 4) is 0 Å². The molecule has 118 valence electrons. The zero-order valence-electron chi connectivity index (χ0n) is 13.5. The highest BCUT2D eigenvalue weighted by atomic mass is 16.5. The van der Waals surface area contributed by atoms with Gasteiger partial charge in [-0.05, 0) is 20.9 Å². The SMILES string of the molecule is CC(C)N1CCOC(CN(C)CCN2CCNCC2)C1. The van der Waals surface area contributed by atoms with Crippen LogP contribution in [0.5, 0.6) is 0 Å². The summed E-state index contributed by atoms with van der Waals surface area (Å²) in [5.41, 5.74) is 0. The summed E-state index contributed by atoms with van der Waals surface area (Å²) in [6, 6.07) is 0.632. The Bertz CT molecular complexity index is 269. The Kier molecular flexibility index (Phi) is 6.71. The molecule has 2 aliphatic heterocycles. The van der Waals surface area contributed by atoms with Crippen molar-refractivity contribution < 1.29 is 4.74 Å². The highest BCUT2D eigenvalue weighted by molar-refractivity contribution is 4.77. The second-order valence-corrected chi connectivity index (χ2v) is 6.44. The Balaban J connectivity index is 1.64. The number of nitrogens with one attached hydrogen (secondary N) is 1. The predicted octanol–water partition coefficient (Wildman–Crippen LogP) is -0.0674. The third kappa shape index (κ3) is 5.30. The smallest absolute Gasteiger partial charge is 0.0829 e. The van der Waals surface area contributed by atoms with Crippen LogP contribution in [0.25, 0.3) is 0 Å². The van der Waals surface area contributed by atoms with Gasteiger partial charge < -0.3 is 15.0 Å². The van der Waals surface area contributed by atoms with E-state index in [4.69, 9.17) is 4.74 Å². The monoisotopic (exact) mass is 284 g/mol. The molecule has 2 saturated heterocycles. The van der Waals surface area contributed by atoms with Crippen molar-refractivity contribution in [1.82, 2.24) is 20.0 Å². The minimum absolute atomic E-state index is 0.374. The Morgan fingerprint density at radius 1 is 1.25 bits per heavy atom. The molecule has 2 rings (SSSR count). The molecule has 0 aliphatic carbocycles. The summed E-state index contributed by atoms with van der Waals surface area (Å²) >= 11 is 0. The molecule has 0 aromatic heterocycles. The van der Waals surface area contributed by atoms with E-state index in [9.17, 15) is 0 Å². The fourth-order valence-electron chi connectivity index (χ4n) is 3.01. The van der Waals surface area contributed by atoms with Gasteiger partial charge in [0, 0.05) is 64.9 Å². The van der Waals surface area contributed by atoms with Gasteiger partial charge in [0.2, 0.25) is 0 Å². The first-order valence-corrected chi connectivity index (χ1v) is 8.12. The van der Waals surface area contributed by atoms with E-state index >= 15 is 0 Å². The Labute approximate surface area is 124 Å². The van der Waals surface area contributed by atoms with E-state index in [1.165, 1.54) is 19.6 Å². The number of morpholine rings is 1. The lowest BCUT2D eigenvalue weighted by atomic mass is 10.2. The summed E-state index contributed by atoms with van der Waals surface area (Å²) < 4.78 is 5.91. The van der Waals surface area contributed by atoms with Crippen molar-refractivity contribution in [2.75, 3.05) is 72.6 Å². The first-order valence-electron chi connectivity index (χ1n) is 8.12. The molecule has 1 unspecified atom stereocenters. The van der Waals surface area contributed by atoms with Gasteiger partial charge in [-0.2, -0.15) is 0 Å². The van der Waals surface area contributed by atoms with Gasteiger partial charge in [-0.25, -0.2) is 0 Å². The number of nitrogens with zero attached hydrogens (tertiary/aromatic N) is 3. The minimum Gasteiger partial charge on any atom is -0.374 e. The first kappa shape index (κ1) is 16.2.